The molecule has 0 aliphatic rings. The fourth-order valence-electron chi connectivity index (χ4n) is 1.91. The van der Waals surface area contributed by atoms with Gasteiger partial charge in [-0.25, -0.2) is 0 Å². The maximum atomic E-state index is 11.2. The molecule has 0 atom stereocenters. The van der Waals surface area contributed by atoms with Crippen LogP contribution in [0.2, 0.25) is 0 Å². The number of nitrogens with one attached hydrogen (secondary N) is 1. The molecule has 2 aromatic rings. The topological polar surface area (TPSA) is 81.2 Å². The Morgan fingerprint density at radius 1 is 1.30 bits per heavy atom. The Hall–Kier alpha value is -2.05. The number of aryl methyl sites for hydroxylation is 1. The Morgan fingerprint density at radius 2 is 2.05 bits per heavy atom. The lowest BCUT2D eigenvalue weighted by molar-refractivity contribution is -0.386. The number of nitrogens with zero attached hydrogens (tertiary/aromatic N) is 1. The van der Waals surface area contributed by atoms with Crippen molar-refractivity contribution in [2.24, 2.45) is 5.84 Å². The second-order valence-electron chi connectivity index (χ2n) is 4.33. The van der Waals surface area contributed by atoms with E-state index in [2.05, 4.69) is 11.5 Å². The predicted molar refractivity (Wildman–Crippen MR) is 81.6 cm³/mol. The highest BCUT2D eigenvalue weighted by atomic mass is 32.2. The average molecular weight is 289 g/mol. The Balaban J connectivity index is 2.23. The second kappa shape index (κ2) is 6.40. The summed E-state index contributed by atoms with van der Waals surface area (Å²) >= 11 is 1.43. The summed E-state index contributed by atoms with van der Waals surface area (Å²) in [6.07, 6.45) is 0. The summed E-state index contributed by atoms with van der Waals surface area (Å²) in [5.74, 6) is 6.00. The maximum Gasteiger partial charge on any atom is 0.307 e. The van der Waals surface area contributed by atoms with Gasteiger partial charge < -0.3 is 5.43 Å². The highest BCUT2D eigenvalue weighted by molar-refractivity contribution is 7.98. The Kier molecular flexibility index (Phi) is 4.60. The minimum absolute atomic E-state index is 0.0210. The van der Waals surface area contributed by atoms with E-state index in [0.29, 0.717) is 16.3 Å². The molecule has 0 aliphatic heterocycles. The number of nitro benzene ring substituents is 1. The van der Waals surface area contributed by atoms with Gasteiger partial charge in [0.1, 0.15) is 5.69 Å². The molecule has 2 rings (SSSR count). The predicted octanol–water partition coefficient (Wildman–Crippen LogP) is 3.48. The van der Waals surface area contributed by atoms with Gasteiger partial charge in [-0.3, -0.25) is 16.0 Å². The van der Waals surface area contributed by atoms with E-state index in [-0.39, 0.29) is 5.69 Å². The number of thioether (sulfide) groups is 1. The van der Waals surface area contributed by atoms with Gasteiger partial charge in [0.2, 0.25) is 0 Å². The molecule has 0 saturated carbocycles. The van der Waals surface area contributed by atoms with Gasteiger partial charge in [0.15, 0.2) is 0 Å². The molecule has 0 fully saturated rings. The standard InChI is InChI=1S/C14H15N3O2S/c1-10-4-2-5-11(8-10)9-20-13-7-3-6-12(16-15)14(13)17(18)19/h2-8,16H,9,15H2,1H3. The Bertz CT molecular complexity index is 632. The van der Waals surface area contributed by atoms with Crippen LogP contribution in [0.5, 0.6) is 0 Å². The largest absolute Gasteiger partial charge is 0.318 e. The molecular weight excluding hydrogens is 274 g/mol. The van der Waals surface area contributed by atoms with Gasteiger partial charge in [-0.15, -0.1) is 11.8 Å². The Labute approximate surface area is 121 Å². The van der Waals surface area contributed by atoms with Crippen molar-refractivity contribution in [2.45, 2.75) is 17.6 Å². The molecule has 0 saturated heterocycles. The highest BCUT2D eigenvalue weighted by Crippen LogP contribution is 2.36. The smallest absolute Gasteiger partial charge is 0.307 e. The number of hydrazine groups is 1. The van der Waals surface area contributed by atoms with Crippen LogP contribution in [0.3, 0.4) is 0 Å². The molecule has 0 unspecified atom stereocenters. The van der Waals surface area contributed by atoms with Crippen LogP contribution in [-0.4, -0.2) is 4.92 Å². The molecule has 0 amide bonds. The van der Waals surface area contributed by atoms with E-state index >= 15 is 0 Å². The van der Waals surface area contributed by atoms with Crippen molar-refractivity contribution in [3.8, 4) is 0 Å². The van der Waals surface area contributed by atoms with Crippen LogP contribution in [0.4, 0.5) is 11.4 Å². The molecule has 3 N–H and O–H groups in total. The third-order valence-corrected chi connectivity index (χ3v) is 3.93. The van der Waals surface area contributed by atoms with Crippen LogP contribution in [0.15, 0.2) is 47.4 Å². The zero-order valence-electron chi connectivity index (χ0n) is 11.0. The van der Waals surface area contributed by atoms with Gasteiger partial charge in [0.25, 0.3) is 0 Å². The number of anilines is 1. The van der Waals surface area contributed by atoms with Gasteiger partial charge >= 0.3 is 5.69 Å². The monoisotopic (exact) mass is 289 g/mol. The molecule has 0 spiro atoms. The Morgan fingerprint density at radius 3 is 2.70 bits per heavy atom. The van der Waals surface area contributed by atoms with Crippen molar-refractivity contribution in [2.75, 3.05) is 5.43 Å². The third-order valence-electron chi connectivity index (χ3n) is 2.81. The van der Waals surface area contributed by atoms with Crippen molar-refractivity contribution in [1.29, 1.82) is 0 Å². The van der Waals surface area contributed by atoms with E-state index in [1.165, 1.54) is 17.3 Å². The number of rotatable bonds is 5. The number of nitrogen functional groups attached to an aromatic ring is 1. The summed E-state index contributed by atoms with van der Waals surface area (Å²) in [6.45, 7) is 2.02. The van der Waals surface area contributed by atoms with Crippen molar-refractivity contribution in [3.63, 3.8) is 0 Å². The fraction of sp³-hybridized carbons (Fsp3) is 0.143. The third kappa shape index (κ3) is 3.28. The molecule has 0 bridgehead atoms. The van der Waals surface area contributed by atoms with E-state index in [1.54, 1.807) is 18.2 Å². The summed E-state index contributed by atoms with van der Waals surface area (Å²) in [7, 11) is 0. The molecule has 0 aliphatic carbocycles. The molecule has 0 aromatic heterocycles. The molecule has 0 heterocycles. The lowest BCUT2D eigenvalue weighted by Crippen LogP contribution is -2.09. The normalized spacial score (nSPS) is 10.3. The first-order valence-corrected chi connectivity index (χ1v) is 7.02. The molecule has 104 valence electrons. The summed E-state index contributed by atoms with van der Waals surface area (Å²) in [4.78, 5) is 11.4. The summed E-state index contributed by atoms with van der Waals surface area (Å²) < 4.78 is 0. The minimum Gasteiger partial charge on any atom is -0.318 e. The van der Waals surface area contributed by atoms with Gasteiger partial charge in [-0.2, -0.15) is 0 Å². The van der Waals surface area contributed by atoms with Gasteiger partial charge in [-0.05, 0) is 24.6 Å². The van der Waals surface area contributed by atoms with Crippen molar-refractivity contribution in [3.05, 3.63) is 63.7 Å². The van der Waals surface area contributed by atoms with Gasteiger partial charge in [0.05, 0.1) is 9.82 Å². The number of hydrogen-bond acceptors (Lipinski definition) is 5. The SMILES string of the molecule is Cc1cccc(CSc2cccc(NN)c2[N+](=O)[O-])c1. The summed E-state index contributed by atoms with van der Waals surface area (Å²) in [5, 5.41) is 11.2. The number of nitrogens with two attached hydrogens (primary N) is 1. The van der Waals surface area contributed by atoms with Crippen LogP contribution in [0.25, 0.3) is 0 Å². The van der Waals surface area contributed by atoms with E-state index in [0.717, 1.165) is 5.56 Å². The van der Waals surface area contributed by atoms with Crippen LogP contribution >= 0.6 is 11.8 Å². The zero-order valence-corrected chi connectivity index (χ0v) is 11.8. The van der Waals surface area contributed by atoms with Crippen molar-refractivity contribution in [1.82, 2.24) is 0 Å². The molecule has 6 heteroatoms. The van der Waals surface area contributed by atoms with Crippen LogP contribution in [0.1, 0.15) is 11.1 Å². The van der Waals surface area contributed by atoms with Gasteiger partial charge in [-0.1, -0.05) is 35.9 Å². The zero-order chi connectivity index (χ0) is 14.5. The van der Waals surface area contributed by atoms with E-state index in [1.807, 2.05) is 25.1 Å². The molecule has 2 aromatic carbocycles. The number of para-hydroxylation sites is 1. The lowest BCUT2D eigenvalue weighted by Gasteiger charge is -2.07. The molecule has 0 radical (unpaired) electrons. The fourth-order valence-corrected chi connectivity index (χ4v) is 2.90. The number of nitro groups is 1. The van der Waals surface area contributed by atoms with Crippen LogP contribution < -0.4 is 11.3 Å². The average Bonchev–Trinajstić information content (AvgIpc) is 2.44. The minimum atomic E-state index is -0.409. The van der Waals surface area contributed by atoms with E-state index in [9.17, 15) is 10.1 Å². The first-order valence-electron chi connectivity index (χ1n) is 6.04. The molecule has 20 heavy (non-hydrogen) atoms. The first-order chi connectivity index (χ1) is 9.61. The molecule has 5 nitrogen and oxygen atoms in total. The van der Waals surface area contributed by atoms with Crippen LogP contribution in [0, 0.1) is 17.0 Å². The maximum absolute atomic E-state index is 11.2. The van der Waals surface area contributed by atoms with Crippen molar-refractivity contribution >= 4 is 23.1 Å². The van der Waals surface area contributed by atoms with Crippen LogP contribution in [-0.2, 0) is 5.75 Å². The number of hydrogen-bond donors (Lipinski definition) is 2. The van der Waals surface area contributed by atoms with Crippen molar-refractivity contribution < 1.29 is 4.92 Å². The van der Waals surface area contributed by atoms with Gasteiger partial charge in [0, 0.05) is 5.75 Å². The summed E-state index contributed by atoms with van der Waals surface area (Å²) in [5.41, 5.74) is 5.02. The lowest BCUT2D eigenvalue weighted by atomic mass is 10.2. The quantitative estimate of drug-likeness (QED) is 0.381. The first kappa shape index (κ1) is 14.4. The number of benzene rings is 2. The molecular formula is C14H15N3O2S. The van der Waals surface area contributed by atoms with E-state index in [4.69, 9.17) is 5.84 Å². The second-order valence-corrected chi connectivity index (χ2v) is 5.35. The van der Waals surface area contributed by atoms with E-state index < -0.39 is 4.92 Å². The highest BCUT2D eigenvalue weighted by Gasteiger charge is 2.19. The summed E-state index contributed by atoms with van der Waals surface area (Å²) in [6, 6.07) is 13.2.